The molecule has 8 heteroatoms. The second-order valence-corrected chi connectivity index (χ2v) is 6.08. The summed E-state index contributed by atoms with van der Waals surface area (Å²) in [5, 5.41) is 8.68. The van der Waals surface area contributed by atoms with Crippen LogP contribution in [-0.2, 0) is 9.59 Å². The Balaban J connectivity index is 1.62. The van der Waals surface area contributed by atoms with E-state index in [1.165, 1.54) is 4.90 Å². The lowest BCUT2D eigenvalue weighted by Crippen LogP contribution is -2.33. The maximum Gasteiger partial charge on any atom is 0.277 e. The molecule has 2 aromatic rings. The van der Waals surface area contributed by atoms with Crippen LogP contribution in [0.15, 0.2) is 33.9 Å². The molecule has 0 atom stereocenters. The third-order valence-corrected chi connectivity index (χ3v) is 4.21. The summed E-state index contributed by atoms with van der Waals surface area (Å²) in [7, 11) is 0. The zero-order chi connectivity index (χ0) is 15.5. The first-order valence-corrected chi connectivity index (χ1v) is 8.05. The monoisotopic (exact) mass is 337 g/mol. The Morgan fingerprint density at radius 1 is 1.41 bits per heavy atom. The fourth-order valence-electron chi connectivity index (χ4n) is 2.12. The average molecular weight is 338 g/mol. The standard InChI is InChI=1S/C14H12ClN3O3S/c15-10-4-1-3-9(7-10)13-16-17-14(21-13)22-8-12(20)18-6-2-5-11(18)19/h1,3-4,7H,2,5-6,8H2. The van der Waals surface area contributed by atoms with Crippen molar-refractivity contribution >= 4 is 35.2 Å². The molecule has 22 heavy (non-hydrogen) atoms. The van der Waals surface area contributed by atoms with Gasteiger partial charge >= 0.3 is 0 Å². The van der Waals surface area contributed by atoms with Crippen molar-refractivity contribution in [1.82, 2.24) is 15.1 Å². The van der Waals surface area contributed by atoms with Crippen LogP contribution in [0.1, 0.15) is 12.8 Å². The van der Waals surface area contributed by atoms with Crippen molar-refractivity contribution in [3.05, 3.63) is 29.3 Å². The van der Waals surface area contributed by atoms with Gasteiger partial charge in [0.2, 0.25) is 17.7 Å². The number of nitrogens with zero attached hydrogens (tertiary/aromatic N) is 3. The Morgan fingerprint density at radius 3 is 3.00 bits per heavy atom. The summed E-state index contributed by atoms with van der Waals surface area (Å²) in [5.74, 6) is 0.101. The fourth-order valence-corrected chi connectivity index (χ4v) is 2.95. The number of halogens is 1. The predicted molar refractivity (Wildman–Crippen MR) is 81.4 cm³/mol. The summed E-state index contributed by atoms with van der Waals surface area (Å²) in [6.45, 7) is 0.496. The third kappa shape index (κ3) is 3.31. The van der Waals surface area contributed by atoms with E-state index < -0.39 is 0 Å². The highest BCUT2D eigenvalue weighted by Crippen LogP contribution is 2.25. The maximum atomic E-state index is 11.9. The lowest BCUT2D eigenvalue weighted by atomic mass is 10.2. The van der Waals surface area contributed by atoms with Crippen molar-refractivity contribution in [2.75, 3.05) is 12.3 Å². The molecule has 1 aromatic carbocycles. The normalized spacial score (nSPS) is 14.6. The van der Waals surface area contributed by atoms with E-state index >= 15 is 0 Å². The van der Waals surface area contributed by atoms with Crippen molar-refractivity contribution in [2.24, 2.45) is 0 Å². The first-order valence-electron chi connectivity index (χ1n) is 6.69. The minimum atomic E-state index is -0.227. The molecule has 1 fully saturated rings. The molecule has 0 radical (unpaired) electrons. The van der Waals surface area contributed by atoms with E-state index in [4.69, 9.17) is 16.0 Å². The van der Waals surface area contributed by atoms with E-state index in [1.54, 1.807) is 18.2 Å². The SMILES string of the molecule is O=C1CCCN1C(=O)CSc1nnc(-c2cccc(Cl)c2)o1. The Hall–Kier alpha value is -1.86. The number of benzene rings is 1. The van der Waals surface area contributed by atoms with Crippen molar-refractivity contribution < 1.29 is 14.0 Å². The van der Waals surface area contributed by atoms with E-state index in [2.05, 4.69) is 10.2 Å². The Kier molecular flexibility index (Phi) is 4.44. The minimum absolute atomic E-state index is 0.100. The second-order valence-electron chi connectivity index (χ2n) is 4.71. The van der Waals surface area contributed by atoms with Gasteiger partial charge in [-0.2, -0.15) is 0 Å². The van der Waals surface area contributed by atoms with Crippen LogP contribution < -0.4 is 0 Å². The van der Waals surface area contributed by atoms with Gasteiger partial charge < -0.3 is 4.42 Å². The van der Waals surface area contributed by atoms with Gasteiger partial charge in [-0.3, -0.25) is 14.5 Å². The number of likely N-dealkylation sites (tertiary alicyclic amines) is 1. The molecule has 1 aromatic heterocycles. The zero-order valence-corrected chi connectivity index (χ0v) is 13.1. The van der Waals surface area contributed by atoms with Gasteiger partial charge in [-0.25, -0.2) is 0 Å². The molecular formula is C14H12ClN3O3S. The first kappa shape index (κ1) is 15.1. The second kappa shape index (κ2) is 6.50. The number of thioether (sulfide) groups is 1. The molecule has 0 aliphatic carbocycles. The summed E-state index contributed by atoms with van der Waals surface area (Å²) in [6, 6.07) is 7.07. The van der Waals surface area contributed by atoms with Gasteiger partial charge in [0.05, 0.1) is 5.75 Å². The largest absolute Gasteiger partial charge is 0.411 e. The molecule has 1 aliphatic heterocycles. The fraction of sp³-hybridized carbons (Fsp3) is 0.286. The number of aromatic nitrogens is 2. The molecule has 0 unspecified atom stereocenters. The van der Waals surface area contributed by atoms with Crippen LogP contribution in [0.4, 0.5) is 0 Å². The van der Waals surface area contributed by atoms with Gasteiger partial charge in [0.15, 0.2) is 0 Å². The van der Waals surface area contributed by atoms with E-state index in [0.717, 1.165) is 18.2 Å². The minimum Gasteiger partial charge on any atom is -0.411 e. The number of carbonyl (C=O) groups excluding carboxylic acids is 2. The molecule has 0 saturated carbocycles. The van der Waals surface area contributed by atoms with Crippen LogP contribution in [0.5, 0.6) is 0 Å². The lowest BCUT2D eigenvalue weighted by Gasteiger charge is -2.11. The summed E-state index contributed by atoms with van der Waals surface area (Å²) < 4.78 is 5.49. The predicted octanol–water partition coefficient (Wildman–Crippen LogP) is 2.63. The number of amides is 2. The number of hydrogen-bond donors (Lipinski definition) is 0. The van der Waals surface area contributed by atoms with Crippen LogP contribution in [0.25, 0.3) is 11.5 Å². The summed E-state index contributed by atoms with van der Waals surface area (Å²) in [6.07, 6.45) is 1.17. The molecule has 1 aliphatic rings. The van der Waals surface area contributed by atoms with Crippen LogP contribution in [0, 0.1) is 0 Å². The number of imide groups is 1. The van der Waals surface area contributed by atoms with Crippen molar-refractivity contribution in [2.45, 2.75) is 18.1 Å². The molecule has 3 rings (SSSR count). The Labute approximate surface area is 135 Å². The van der Waals surface area contributed by atoms with Crippen LogP contribution in [0.3, 0.4) is 0 Å². The summed E-state index contributed by atoms with van der Waals surface area (Å²) in [4.78, 5) is 24.7. The van der Waals surface area contributed by atoms with Crippen LogP contribution in [-0.4, -0.2) is 39.2 Å². The quantitative estimate of drug-likeness (QED) is 0.798. The molecular weight excluding hydrogens is 326 g/mol. The third-order valence-electron chi connectivity index (χ3n) is 3.17. The number of carbonyl (C=O) groups is 2. The van der Waals surface area contributed by atoms with Crippen molar-refractivity contribution in [1.29, 1.82) is 0 Å². The van der Waals surface area contributed by atoms with Crippen LogP contribution >= 0.6 is 23.4 Å². The molecule has 2 heterocycles. The number of rotatable bonds is 4. The molecule has 114 valence electrons. The molecule has 0 bridgehead atoms. The Morgan fingerprint density at radius 2 is 2.27 bits per heavy atom. The molecule has 6 nitrogen and oxygen atoms in total. The first-order chi connectivity index (χ1) is 10.6. The highest BCUT2D eigenvalue weighted by atomic mass is 35.5. The molecule has 0 N–H and O–H groups in total. The van der Waals surface area contributed by atoms with Crippen LogP contribution in [0.2, 0.25) is 5.02 Å². The molecule has 2 amide bonds. The van der Waals surface area contributed by atoms with Gasteiger partial charge in [-0.1, -0.05) is 29.4 Å². The van der Waals surface area contributed by atoms with Gasteiger partial charge in [-0.05, 0) is 24.6 Å². The van der Waals surface area contributed by atoms with E-state index in [9.17, 15) is 9.59 Å². The van der Waals surface area contributed by atoms with Gasteiger partial charge in [0.1, 0.15) is 0 Å². The van der Waals surface area contributed by atoms with E-state index in [1.807, 2.05) is 6.07 Å². The van der Waals surface area contributed by atoms with Gasteiger partial charge in [0, 0.05) is 23.6 Å². The molecule has 0 spiro atoms. The summed E-state index contributed by atoms with van der Waals surface area (Å²) >= 11 is 7.03. The van der Waals surface area contributed by atoms with Gasteiger partial charge in [-0.15, -0.1) is 10.2 Å². The van der Waals surface area contributed by atoms with Crippen molar-refractivity contribution in [3.8, 4) is 11.5 Å². The highest BCUT2D eigenvalue weighted by molar-refractivity contribution is 7.99. The lowest BCUT2D eigenvalue weighted by molar-refractivity contribution is -0.140. The van der Waals surface area contributed by atoms with Gasteiger partial charge in [0.25, 0.3) is 5.22 Å². The Bertz CT molecular complexity index is 719. The molecule has 1 saturated heterocycles. The topological polar surface area (TPSA) is 76.3 Å². The zero-order valence-electron chi connectivity index (χ0n) is 11.5. The average Bonchev–Trinajstić information content (AvgIpc) is 3.14. The maximum absolute atomic E-state index is 11.9. The van der Waals surface area contributed by atoms with E-state index in [0.29, 0.717) is 29.4 Å². The smallest absolute Gasteiger partial charge is 0.277 e. The summed E-state index contributed by atoms with van der Waals surface area (Å²) in [5.41, 5.74) is 0.716. The number of hydrogen-bond acceptors (Lipinski definition) is 6. The highest BCUT2D eigenvalue weighted by Gasteiger charge is 2.26. The van der Waals surface area contributed by atoms with Crippen molar-refractivity contribution in [3.63, 3.8) is 0 Å². The van der Waals surface area contributed by atoms with E-state index in [-0.39, 0.29) is 22.8 Å².